The Morgan fingerprint density at radius 3 is 2.73 bits per heavy atom. The average Bonchev–Trinajstić information content (AvgIpc) is 3.31. The van der Waals surface area contributed by atoms with Crippen LogP contribution in [0.4, 0.5) is 5.69 Å². The number of benzene rings is 3. The topological polar surface area (TPSA) is 55.1 Å². The highest BCUT2D eigenvalue weighted by molar-refractivity contribution is 7.21. The van der Waals surface area contributed by atoms with E-state index in [0.717, 1.165) is 37.9 Å². The van der Waals surface area contributed by atoms with E-state index in [1.807, 2.05) is 74.5 Å². The first-order valence-corrected chi connectivity index (χ1v) is 10.7. The molecule has 0 aliphatic carbocycles. The molecule has 30 heavy (non-hydrogen) atoms. The highest BCUT2D eigenvalue weighted by atomic mass is 35.5. The Labute approximate surface area is 182 Å². The number of hydrogen-bond acceptors (Lipinski definition) is 4. The molecule has 0 fully saturated rings. The molecule has 0 spiro atoms. The maximum absolute atomic E-state index is 13.0. The van der Waals surface area contributed by atoms with Gasteiger partial charge in [0.15, 0.2) is 5.58 Å². The first kappa shape index (κ1) is 18.9. The molecule has 6 heteroatoms. The van der Waals surface area contributed by atoms with Crippen LogP contribution in [0, 0.1) is 13.8 Å². The predicted molar refractivity (Wildman–Crippen MR) is 124 cm³/mol. The largest absolute Gasteiger partial charge is 0.436 e. The molecular weight excluding hydrogens is 416 g/mol. The molecule has 1 N–H and O–H groups in total. The fourth-order valence-electron chi connectivity index (χ4n) is 3.38. The number of carbonyl (C=O) groups excluding carboxylic acids is 1. The van der Waals surface area contributed by atoms with Gasteiger partial charge in [-0.15, -0.1) is 11.3 Å². The van der Waals surface area contributed by atoms with E-state index in [1.165, 1.54) is 11.3 Å². The van der Waals surface area contributed by atoms with E-state index in [0.29, 0.717) is 21.5 Å². The second kappa shape index (κ2) is 7.27. The van der Waals surface area contributed by atoms with Crippen LogP contribution >= 0.6 is 22.9 Å². The molecule has 0 saturated heterocycles. The number of nitrogens with zero attached hydrogens (tertiary/aromatic N) is 1. The lowest BCUT2D eigenvalue weighted by Crippen LogP contribution is -2.11. The van der Waals surface area contributed by atoms with E-state index < -0.39 is 0 Å². The number of anilines is 1. The van der Waals surface area contributed by atoms with Gasteiger partial charge in [0.2, 0.25) is 5.89 Å². The Balaban J connectivity index is 1.49. The Hall–Kier alpha value is -3.15. The molecule has 5 aromatic rings. The van der Waals surface area contributed by atoms with Crippen molar-refractivity contribution in [3.05, 3.63) is 81.7 Å². The third-order valence-corrected chi connectivity index (χ3v) is 6.69. The van der Waals surface area contributed by atoms with Gasteiger partial charge in [0.25, 0.3) is 5.91 Å². The van der Waals surface area contributed by atoms with E-state index in [2.05, 4.69) is 10.3 Å². The molecule has 1 amide bonds. The molecule has 3 aromatic carbocycles. The van der Waals surface area contributed by atoms with Crippen LogP contribution in [-0.2, 0) is 0 Å². The van der Waals surface area contributed by atoms with Crippen LogP contribution in [0.5, 0.6) is 0 Å². The van der Waals surface area contributed by atoms with Gasteiger partial charge in [0.1, 0.15) is 10.4 Å². The molecule has 0 aliphatic rings. The average molecular weight is 433 g/mol. The summed E-state index contributed by atoms with van der Waals surface area (Å²) in [5.74, 6) is 0.292. The Bertz CT molecular complexity index is 1430. The van der Waals surface area contributed by atoms with Crippen molar-refractivity contribution >= 4 is 55.7 Å². The monoisotopic (exact) mass is 432 g/mol. The first-order valence-electron chi connectivity index (χ1n) is 9.46. The number of carbonyl (C=O) groups is 1. The van der Waals surface area contributed by atoms with Crippen LogP contribution < -0.4 is 5.32 Å². The molecule has 2 heterocycles. The second-order valence-electron chi connectivity index (χ2n) is 7.22. The molecule has 0 bridgehead atoms. The van der Waals surface area contributed by atoms with Crippen LogP contribution in [0.2, 0.25) is 5.02 Å². The van der Waals surface area contributed by atoms with Gasteiger partial charge in [0, 0.05) is 21.3 Å². The van der Waals surface area contributed by atoms with Crippen molar-refractivity contribution in [1.82, 2.24) is 4.98 Å². The number of aryl methyl sites for hydroxylation is 2. The number of oxazole rings is 1. The van der Waals surface area contributed by atoms with E-state index in [9.17, 15) is 4.79 Å². The zero-order valence-corrected chi connectivity index (χ0v) is 17.9. The Morgan fingerprint density at radius 2 is 1.90 bits per heavy atom. The van der Waals surface area contributed by atoms with E-state index >= 15 is 0 Å². The van der Waals surface area contributed by atoms with Crippen LogP contribution in [-0.4, -0.2) is 10.9 Å². The third-order valence-electron chi connectivity index (χ3n) is 5.02. The minimum Gasteiger partial charge on any atom is -0.436 e. The summed E-state index contributed by atoms with van der Waals surface area (Å²) in [6, 6.07) is 19.4. The molecule has 0 aliphatic heterocycles. The lowest BCUT2D eigenvalue weighted by molar-refractivity contribution is 0.103. The van der Waals surface area contributed by atoms with Crippen LogP contribution in [0.3, 0.4) is 0 Å². The molecular formula is C24H17ClN2O2S. The summed E-state index contributed by atoms with van der Waals surface area (Å²) in [4.78, 5) is 18.0. The van der Waals surface area contributed by atoms with Crippen LogP contribution in [0.25, 0.3) is 32.6 Å². The molecule has 5 rings (SSSR count). The third kappa shape index (κ3) is 3.26. The van der Waals surface area contributed by atoms with Crippen LogP contribution in [0.1, 0.15) is 20.8 Å². The summed E-state index contributed by atoms with van der Waals surface area (Å²) in [7, 11) is 0. The number of rotatable bonds is 3. The number of aromatic nitrogens is 1. The van der Waals surface area contributed by atoms with Gasteiger partial charge < -0.3 is 9.73 Å². The fraction of sp³-hybridized carbons (Fsp3) is 0.0833. The lowest BCUT2D eigenvalue weighted by Gasteiger charge is -2.09. The van der Waals surface area contributed by atoms with Crippen molar-refractivity contribution in [3.63, 3.8) is 0 Å². The van der Waals surface area contributed by atoms with Crippen molar-refractivity contribution in [1.29, 1.82) is 0 Å². The Kier molecular flexibility index (Phi) is 4.57. The molecule has 0 unspecified atom stereocenters. The standard InChI is InChI=1S/C24H17ClN2O2S/c1-13-7-10-17-19(11-13)29-24(27-17)15-9-8-14(2)18(12-15)26-23(28)22-21(25)16-5-3-4-6-20(16)30-22/h3-12H,1-2H3,(H,26,28). The highest BCUT2D eigenvalue weighted by Crippen LogP contribution is 2.36. The summed E-state index contributed by atoms with van der Waals surface area (Å²) >= 11 is 7.85. The Morgan fingerprint density at radius 1 is 1.07 bits per heavy atom. The van der Waals surface area contributed by atoms with Crippen molar-refractivity contribution in [3.8, 4) is 11.5 Å². The molecule has 4 nitrogen and oxygen atoms in total. The maximum Gasteiger partial charge on any atom is 0.267 e. The van der Waals surface area contributed by atoms with E-state index in [-0.39, 0.29) is 5.91 Å². The van der Waals surface area contributed by atoms with Crippen molar-refractivity contribution < 1.29 is 9.21 Å². The zero-order valence-electron chi connectivity index (χ0n) is 16.3. The zero-order chi connectivity index (χ0) is 20.8. The molecule has 0 radical (unpaired) electrons. The van der Waals surface area contributed by atoms with Crippen molar-refractivity contribution in [2.45, 2.75) is 13.8 Å². The summed E-state index contributed by atoms with van der Waals surface area (Å²) in [5, 5.41) is 4.37. The molecule has 148 valence electrons. The molecule has 0 saturated carbocycles. The van der Waals surface area contributed by atoms with E-state index in [1.54, 1.807) is 0 Å². The number of amides is 1. The summed E-state index contributed by atoms with van der Waals surface area (Å²) in [6.45, 7) is 3.96. The van der Waals surface area contributed by atoms with Gasteiger partial charge >= 0.3 is 0 Å². The fourth-order valence-corrected chi connectivity index (χ4v) is 4.80. The predicted octanol–water partition coefficient (Wildman–Crippen LogP) is 7.23. The van der Waals surface area contributed by atoms with Crippen molar-refractivity contribution in [2.75, 3.05) is 5.32 Å². The molecule has 2 aromatic heterocycles. The first-order chi connectivity index (χ1) is 14.5. The summed E-state index contributed by atoms with van der Waals surface area (Å²) in [6.07, 6.45) is 0. The van der Waals surface area contributed by atoms with E-state index in [4.69, 9.17) is 16.0 Å². The lowest BCUT2D eigenvalue weighted by atomic mass is 10.1. The number of halogens is 1. The number of fused-ring (bicyclic) bond motifs is 2. The van der Waals surface area contributed by atoms with Gasteiger partial charge in [-0.05, 0) is 55.3 Å². The quantitative estimate of drug-likeness (QED) is 0.327. The van der Waals surface area contributed by atoms with Crippen LogP contribution in [0.15, 0.2) is 65.1 Å². The van der Waals surface area contributed by atoms with Gasteiger partial charge in [-0.1, -0.05) is 41.9 Å². The number of nitrogens with one attached hydrogen (secondary N) is 1. The summed E-state index contributed by atoms with van der Waals surface area (Å²) in [5.41, 5.74) is 5.10. The van der Waals surface area contributed by atoms with Crippen molar-refractivity contribution in [2.24, 2.45) is 0 Å². The van der Waals surface area contributed by atoms with Gasteiger partial charge in [-0.3, -0.25) is 4.79 Å². The summed E-state index contributed by atoms with van der Waals surface area (Å²) < 4.78 is 6.92. The maximum atomic E-state index is 13.0. The number of hydrogen-bond donors (Lipinski definition) is 1. The van der Waals surface area contributed by atoms with Gasteiger partial charge in [-0.25, -0.2) is 4.98 Å². The van der Waals surface area contributed by atoms with Gasteiger partial charge in [0.05, 0.1) is 5.02 Å². The SMILES string of the molecule is Cc1ccc2nc(-c3ccc(C)c(NC(=O)c4sc5ccccc5c4Cl)c3)oc2c1. The minimum atomic E-state index is -0.227. The smallest absolute Gasteiger partial charge is 0.267 e. The minimum absolute atomic E-state index is 0.227. The van der Waals surface area contributed by atoms with Gasteiger partial charge in [-0.2, -0.15) is 0 Å². The second-order valence-corrected chi connectivity index (χ2v) is 8.65. The normalized spacial score (nSPS) is 11.3. The highest BCUT2D eigenvalue weighted by Gasteiger charge is 2.18. The number of thiophene rings is 1. The molecule has 0 atom stereocenters.